The zero-order chi connectivity index (χ0) is 15.5. The number of likely N-dealkylation sites (N-methyl/N-ethyl adjacent to an activating group) is 1. The summed E-state index contributed by atoms with van der Waals surface area (Å²) < 4.78 is 25.9. The van der Waals surface area contributed by atoms with Crippen LogP contribution in [-0.4, -0.2) is 63.3 Å². The number of carbonyl (C=O) groups excluding carboxylic acids is 1. The van der Waals surface area contributed by atoms with Crippen LogP contribution in [0.1, 0.15) is 0 Å². The average molecular weight is 332 g/mol. The first-order chi connectivity index (χ1) is 9.93. The fraction of sp³-hybridized carbons (Fsp3) is 0.462. The Labute approximate surface area is 129 Å². The number of sulfonamides is 1. The minimum Gasteiger partial charge on any atom is -0.339 e. The van der Waals surface area contributed by atoms with Crippen molar-refractivity contribution in [1.82, 2.24) is 14.5 Å². The first kappa shape index (κ1) is 16.2. The van der Waals surface area contributed by atoms with Crippen LogP contribution in [0.5, 0.6) is 0 Å². The lowest BCUT2D eigenvalue weighted by molar-refractivity contribution is -0.131. The minimum absolute atomic E-state index is 0.0160. The van der Waals surface area contributed by atoms with Gasteiger partial charge in [-0.05, 0) is 12.1 Å². The van der Waals surface area contributed by atoms with E-state index in [1.165, 1.54) is 19.2 Å². The van der Waals surface area contributed by atoms with Crippen LogP contribution in [0.25, 0.3) is 0 Å². The van der Waals surface area contributed by atoms with Crippen molar-refractivity contribution in [2.24, 2.45) is 0 Å². The van der Waals surface area contributed by atoms with Crippen molar-refractivity contribution in [2.45, 2.75) is 4.90 Å². The van der Waals surface area contributed by atoms with E-state index < -0.39 is 10.0 Å². The molecule has 0 aromatic heterocycles. The van der Waals surface area contributed by atoms with E-state index in [0.717, 1.165) is 17.4 Å². The molecular weight excluding hydrogens is 314 g/mol. The molecule has 0 bridgehead atoms. The first-order valence-corrected chi connectivity index (χ1v) is 8.44. The third-order valence-electron chi connectivity index (χ3n) is 3.35. The standard InChI is InChI=1S/C13H18ClN3O3S/c1-16(10-13(18)17-8-6-15-7-9-17)21(19,20)12-5-3-2-4-11(12)14/h2-5,15H,6-10H2,1H3. The highest BCUT2D eigenvalue weighted by Gasteiger charge is 2.27. The van der Waals surface area contributed by atoms with E-state index in [-0.39, 0.29) is 22.4 Å². The highest BCUT2D eigenvalue weighted by atomic mass is 35.5. The van der Waals surface area contributed by atoms with Gasteiger partial charge in [-0.1, -0.05) is 23.7 Å². The number of hydrogen-bond acceptors (Lipinski definition) is 4. The van der Waals surface area contributed by atoms with Gasteiger partial charge in [0, 0.05) is 33.2 Å². The molecule has 1 aromatic carbocycles. The summed E-state index contributed by atoms with van der Waals surface area (Å²) in [4.78, 5) is 13.8. The fourth-order valence-electron chi connectivity index (χ4n) is 2.11. The number of carbonyl (C=O) groups is 1. The number of halogens is 1. The Bertz CT molecular complexity index is 615. The molecule has 8 heteroatoms. The SMILES string of the molecule is CN(CC(=O)N1CCNCC1)S(=O)(=O)c1ccccc1Cl. The summed E-state index contributed by atoms with van der Waals surface area (Å²) in [5.74, 6) is -0.199. The van der Waals surface area contributed by atoms with Crippen molar-refractivity contribution >= 4 is 27.5 Å². The summed E-state index contributed by atoms with van der Waals surface area (Å²) in [6, 6.07) is 6.21. The van der Waals surface area contributed by atoms with Gasteiger partial charge in [0.05, 0.1) is 11.6 Å². The molecule has 0 unspecified atom stereocenters. The van der Waals surface area contributed by atoms with E-state index in [4.69, 9.17) is 11.6 Å². The summed E-state index contributed by atoms with van der Waals surface area (Å²) >= 11 is 5.93. The van der Waals surface area contributed by atoms with Gasteiger partial charge in [-0.15, -0.1) is 0 Å². The number of nitrogens with one attached hydrogen (secondary N) is 1. The van der Waals surface area contributed by atoms with Gasteiger partial charge in [0.25, 0.3) is 0 Å². The highest BCUT2D eigenvalue weighted by Crippen LogP contribution is 2.23. The molecule has 0 radical (unpaired) electrons. The Morgan fingerprint density at radius 1 is 1.33 bits per heavy atom. The molecule has 21 heavy (non-hydrogen) atoms. The molecule has 0 saturated carbocycles. The maximum atomic E-state index is 12.4. The maximum Gasteiger partial charge on any atom is 0.244 e. The number of benzene rings is 1. The second kappa shape index (κ2) is 6.74. The monoisotopic (exact) mass is 331 g/mol. The lowest BCUT2D eigenvalue weighted by atomic mass is 10.3. The molecule has 0 spiro atoms. The van der Waals surface area contributed by atoms with Gasteiger partial charge in [-0.25, -0.2) is 8.42 Å². The van der Waals surface area contributed by atoms with Crippen molar-refractivity contribution in [3.05, 3.63) is 29.3 Å². The molecule has 2 rings (SSSR count). The smallest absolute Gasteiger partial charge is 0.244 e. The van der Waals surface area contributed by atoms with Crippen molar-refractivity contribution in [3.63, 3.8) is 0 Å². The van der Waals surface area contributed by atoms with Crippen molar-refractivity contribution in [1.29, 1.82) is 0 Å². The van der Waals surface area contributed by atoms with Crippen LogP contribution in [0.2, 0.25) is 5.02 Å². The Kier molecular flexibility index (Phi) is 5.21. The van der Waals surface area contributed by atoms with E-state index in [2.05, 4.69) is 5.32 Å². The lowest BCUT2D eigenvalue weighted by Crippen LogP contribution is -2.49. The predicted molar refractivity (Wildman–Crippen MR) is 80.7 cm³/mol. The van der Waals surface area contributed by atoms with Crippen molar-refractivity contribution in [2.75, 3.05) is 39.8 Å². The van der Waals surface area contributed by atoms with Gasteiger partial charge >= 0.3 is 0 Å². The largest absolute Gasteiger partial charge is 0.339 e. The molecule has 1 saturated heterocycles. The van der Waals surface area contributed by atoms with Crippen LogP contribution in [0.4, 0.5) is 0 Å². The molecule has 1 aliphatic rings. The molecule has 1 N–H and O–H groups in total. The predicted octanol–water partition coefficient (Wildman–Crippen LogP) is 0.392. The van der Waals surface area contributed by atoms with Crippen molar-refractivity contribution in [3.8, 4) is 0 Å². The number of amides is 1. The maximum absolute atomic E-state index is 12.4. The zero-order valence-electron chi connectivity index (χ0n) is 11.8. The second-order valence-electron chi connectivity index (χ2n) is 4.82. The summed E-state index contributed by atoms with van der Waals surface area (Å²) in [5.41, 5.74) is 0. The van der Waals surface area contributed by atoms with Gasteiger partial charge in [-0.3, -0.25) is 4.79 Å². The molecule has 0 aliphatic carbocycles. The molecule has 1 aliphatic heterocycles. The van der Waals surface area contributed by atoms with Gasteiger partial charge in [-0.2, -0.15) is 4.31 Å². The molecule has 1 heterocycles. The first-order valence-electron chi connectivity index (χ1n) is 6.62. The fourth-order valence-corrected chi connectivity index (χ4v) is 3.72. The van der Waals surface area contributed by atoms with Crippen LogP contribution in [0.15, 0.2) is 29.2 Å². The molecule has 6 nitrogen and oxygen atoms in total. The lowest BCUT2D eigenvalue weighted by Gasteiger charge is -2.29. The van der Waals surface area contributed by atoms with E-state index in [1.807, 2.05) is 0 Å². The van der Waals surface area contributed by atoms with Gasteiger partial charge < -0.3 is 10.2 Å². The molecule has 1 fully saturated rings. The minimum atomic E-state index is -3.77. The summed E-state index contributed by atoms with van der Waals surface area (Å²) in [6.45, 7) is 2.46. The Morgan fingerprint density at radius 3 is 2.57 bits per heavy atom. The van der Waals surface area contributed by atoms with E-state index in [1.54, 1.807) is 17.0 Å². The number of nitrogens with zero attached hydrogens (tertiary/aromatic N) is 2. The van der Waals surface area contributed by atoms with Crippen LogP contribution in [0, 0.1) is 0 Å². The third-order valence-corrected chi connectivity index (χ3v) is 5.66. The molecule has 116 valence electrons. The average Bonchev–Trinajstić information content (AvgIpc) is 2.48. The number of piperazine rings is 1. The van der Waals surface area contributed by atoms with Crippen LogP contribution in [-0.2, 0) is 14.8 Å². The quantitative estimate of drug-likeness (QED) is 0.866. The van der Waals surface area contributed by atoms with Crippen molar-refractivity contribution < 1.29 is 13.2 Å². The molecular formula is C13H18ClN3O3S. The van der Waals surface area contributed by atoms with Crippen LogP contribution < -0.4 is 5.32 Å². The topological polar surface area (TPSA) is 69.7 Å². The second-order valence-corrected chi connectivity index (χ2v) is 7.24. The zero-order valence-corrected chi connectivity index (χ0v) is 13.3. The summed E-state index contributed by atoms with van der Waals surface area (Å²) in [7, 11) is -2.38. The number of hydrogen-bond donors (Lipinski definition) is 1. The highest BCUT2D eigenvalue weighted by molar-refractivity contribution is 7.89. The molecule has 1 aromatic rings. The third kappa shape index (κ3) is 3.74. The van der Waals surface area contributed by atoms with Crippen LogP contribution >= 0.6 is 11.6 Å². The Morgan fingerprint density at radius 2 is 1.95 bits per heavy atom. The summed E-state index contributed by atoms with van der Waals surface area (Å²) in [5, 5.41) is 3.30. The summed E-state index contributed by atoms with van der Waals surface area (Å²) in [6.07, 6.45) is 0. The van der Waals surface area contributed by atoms with E-state index in [0.29, 0.717) is 13.1 Å². The van der Waals surface area contributed by atoms with E-state index >= 15 is 0 Å². The van der Waals surface area contributed by atoms with Gasteiger partial charge in [0.1, 0.15) is 4.90 Å². The molecule has 0 atom stereocenters. The van der Waals surface area contributed by atoms with Gasteiger partial charge in [0.2, 0.25) is 15.9 Å². The van der Waals surface area contributed by atoms with Crippen LogP contribution in [0.3, 0.4) is 0 Å². The van der Waals surface area contributed by atoms with E-state index in [9.17, 15) is 13.2 Å². The van der Waals surface area contributed by atoms with Gasteiger partial charge in [0.15, 0.2) is 0 Å². The number of rotatable bonds is 4. The Balaban J connectivity index is 2.10. The Hall–Kier alpha value is -1.15. The molecule has 1 amide bonds. The normalized spacial score (nSPS) is 16.2.